The first-order chi connectivity index (χ1) is 22.9. The first-order valence-electron chi connectivity index (χ1n) is 15.2. The molecular formula is C35H34N8O4. The van der Waals surface area contributed by atoms with Gasteiger partial charge in [-0.2, -0.15) is 0 Å². The summed E-state index contributed by atoms with van der Waals surface area (Å²) in [5, 5.41) is 10.5. The van der Waals surface area contributed by atoms with Gasteiger partial charge in [0.1, 0.15) is 17.6 Å². The number of hydrogen-bond donors (Lipinski definition) is 5. The summed E-state index contributed by atoms with van der Waals surface area (Å²) in [6.07, 6.45) is 6.78. The average Bonchev–Trinajstić information content (AvgIpc) is 3.80. The quantitative estimate of drug-likeness (QED) is 0.163. The molecule has 5 aromatic rings. The van der Waals surface area contributed by atoms with Gasteiger partial charge in [0.05, 0.1) is 31.4 Å². The predicted octanol–water partition coefficient (Wildman–Crippen LogP) is 1.45. The lowest BCUT2D eigenvalue weighted by molar-refractivity contribution is -0.133. The minimum absolute atomic E-state index is 0.0387. The van der Waals surface area contributed by atoms with Crippen LogP contribution in [0, 0.1) is 0 Å². The van der Waals surface area contributed by atoms with Gasteiger partial charge >= 0.3 is 0 Å². The average molecular weight is 631 g/mol. The van der Waals surface area contributed by atoms with Crippen molar-refractivity contribution in [2.24, 2.45) is 0 Å². The molecule has 2 atom stereocenters. The van der Waals surface area contributed by atoms with Gasteiger partial charge in [-0.15, -0.1) is 0 Å². The van der Waals surface area contributed by atoms with E-state index in [9.17, 15) is 19.2 Å². The van der Waals surface area contributed by atoms with Crippen LogP contribution in [0.3, 0.4) is 0 Å². The van der Waals surface area contributed by atoms with Gasteiger partial charge in [-0.3, -0.25) is 19.2 Å². The second kappa shape index (κ2) is 13.9. The molecule has 0 radical (unpaired) electrons. The van der Waals surface area contributed by atoms with Gasteiger partial charge in [-0.1, -0.05) is 91.0 Å². The molecule has 1 aliphatic heterocycles. The Kier molecular flexibility index (Phi) is 9.18. The summed E-state index contributed by atoms with van der Waals surface area (Å²) in [6.45, 7) is -0.767. The Balaban J connectivity index is 1.29. The highest BCUT2D eigenvalue weighted by atomic mass is 16.2. The Morgan fingerprint density at radius 3 is 1.64 bits per heavy atom. The third kappa shape index (κ3) is 6.81. The van der Waals surface area contributed by atoms with Crippen molar-refractivity contribution in [3.63, 3.8) is 0 Å². The number of amides is 4. The fraction of sp³-hybridized carbons (Fsp3) is 0.200. The Morgan fingerprint density at radius 2 is 1.17 bits per heavy atom. The predicted molar refractivity (Wildman–Crippen MR) is 173 cm³/mol. The summed E-state index contributed by atoms with van der Waals surface area (Å²) in [5.74, 6) is -2.20. The molecule has 3 aromatic carbocycles. The van der Waals surface area contributed by atoms with Crippen LogP contribution in [0.5, 0.6) is 0 Å². The van der Waals surface area contributed by atoms with Gasteiger partial charge in [0, 0.05) is 30.9 Å². The molecule has 0 unspecified atom stereocenters. The lowest BCUT2D eigenvalue weighted by Crippen LogP contribution is -2.56. The van der Waals surface area contributed by atoms with Crippen LogP contribution < -0.4 is 21.3 Å². The molecule has 0 spiro atoms. The number of nitrogens with one attached hydrogen (secondary N) is 5. The standard InChI is InChI=1S/C35H34N8O4/c44-31-19-38-34(47)30(42-32(45)20-37-33(46)29(41-31)16-27-18-36-22-39-27)17-28-21-43(23-40-28)35(24-10-4-1-5-11-24,25-12-6-2-7-13-25)26-14-8-3-9-15-26/h1-15,18,21-23,29-30H,16-17,19-20H2,(H,36,39)(H,37,46)(H,38,47)(H,41,44)(H,42,45)/t29-,30-/m0/s1. The van der Waals surface area contributed by atoms with Gasteiger partial charge < -0.3 is 30.8 Å². The zero-order valence-electron chi connectivity index (χ0n) is 25.4. The second-order valence-corrected chi connectivity index (χ2v) is 11.2. The lowest BCUT2D eigenvalue weighted by Gasteiger charge is -2.37. The molecule has 6 rings (SSSR count). The number of benzene rings is 3. The van der Waals surface area contributed by atoms with E-state index >= 15 is 0 Å². The van der Waals surface area contributed by atoms with Crippen molar-refractivity contribution >= 4 is 23.6 Å². The van der Waals surface area contributed by atoms with Crippen molar-refractivity contribution in [2.45, 2.75) is 30.5 Å². The minimum Gasteiger partial charge on any atom is -0.348 e. The number of carbonyl (C=O) groups excluding carboxylic acids is 4. The third-order valence-electron chi connectivity index (χ3n) is 8.14. The van der Waals surface area contributed by atoms with Crippen LogP contribution >= 0.6 is 0 Å². The first kappa shape index (κ1) is 31.0. The molecule has 47 heavy (non-hydrogen) atoms. The van der Waals surface area contributed by atoms with Crippen LogP contribution in [0.2, 0.25) is 0 Å². The van der Waals surface area contributed by atoms with Crippen molar-refractivity contribution < 1.29 is 19.2 Å². The Hall–Kier alpha value is -6.04. The molecule has 1 saturated heterocycles. The monoisotopic (exact) mass is 630 g/mol. The summed E-state index contributed by atoms with van der Waals surface area (Å²) in [5.41, 5.74) is 3.38. The van der Waals surface area contributed by atoms with Crippen LogP contribution in [0.15, 0.2) is 116 Å². The third-order valence-corrected chi connectivity index (χ3v) is 8.14. The summed E-state index contributed by atoms with van der Waals surface area (Å²) in [7, 11) is 0. The number of nitrogens with zero attached hydrogens (tertiary/aromatic N) is 3. The number of rotatable bonds is 8. The topological polar surface area (TPSA) is 163 Å². The number of aromatic nitrogens is 4. The van der Waals surface area contributed by atoms with Crippen LogP contribution in [0.1, 0.15) is 28.1 Å². The number of carbonyl (C=O) groups is 4. The van der Waals surface area contributed by atoms with E-state index in [0.29, 0.717) is 11.4 Å². The van der Waals surface area contributed by atoms with E-state index in [1.807, 2.05) is 65.4 Å². The van der Waals surface area contributed by atoms with E-state index in [0.717, 1.165) is 16.7 Å². The van der Waals surface area contributed by atoms with E-state index in [-0.39, 0.29) is 25.9 Å². The normalized spacial score (nSPS) is 17.8. The molecule has 0 bridgehead atoms. The highest BCUT2D eigenvalue weighted by Crippen LogP contribution is 2.40. The lowest BCUT2D eigenvalue weighted by atomic mass is 9.77. The van der Waals surface area contributed by atoms with Gasteiger partial charge in [-0.25, -0.2) is 9.97 Å². The van der Waals surface area contributed by atoms with E-state index < -0.39 is 41.3 Å². The summed E-state index contributed by atoms with van der Waals surface area (Å²) in [4.78, 5) is 63.5. The molecule has 12 nitrogen and oxygen atoms in total. The fourth-order valence-electron chi connectivity index (χ4n) is 5.95. The largest absolute Gasteiger partial charge is 0.348 e. The summed E-state index contributed by atoms with van der Waals surface area (Å²) in [6, 6.07) is 28.2. The van der Waals surface area contributed by atoms with Crippen LogP contribution in [-0.2, 0) is 37.6 Å². The maximum Gasteiger partial charge on any atom is 0.243 e. The zero-order valence-corrected chi connectivity index (χ0v) is 25.4. The zero-order chi connectivity index (χ0) is 32.6. The van der Waals surface area contributed by atoms with E-state index in [2.05, 4.69) is 72.6 Å². The SMILES string of the molecule is O=C1CNC(=O)[C@H](Cc2cn(C(c3ccccc3)(c3ccccc3)c3ccccc3)cn2)NC(=O)CNC(=O)[C@H](Cc2cnc[nH]2)N1. The molecule has 0 saturated carbocycles. The molecular weight excluding hydrogens is 596 g/mol. The van der Waals surface area contributed by atoms with Gasteiger partial charge in [0.15, 0.2) is 0 Å². The van der Waals surface area contributed by atoms with Crippen molar-refractivity contribution in [2.75, 3.05) is 13.1 Å². The van der Waals surface area contributed by atoms with Crippen molar-refractivity contribution in [1.82, 2.24) is 40.8 Å². The van der Waals surface area contributed by atoms with Crippen molar-refractivity contribution in [3.05, 3.63) is 144 Å². The minimum atomic E-state index is -1.06. The van der Waals surface area contributed by atoms with Gasteiger partial charge in [0.25, 0.3) is 0 Å². The van der Waals surface area contributed by atoms with E-state index in [4.69, 9.17) is 0 Å². The van der Waals surface area contributed by atoms with E-state index in [1.54, 1.807) is 12.5 Å². The molecule has 2 aromatic heterocycles. The molecule has 4 amide bonds. The Labute approximate surface area is 271 Å². The molecule has 12 heteroatoms. The highest BCUT2D eigenvalue weighted by Gasteiger charge is 2.38. The van der Waals surface area contributed by atoms with E-state index in [1.165, 1.54) is 6.33 Å². The van der Waals surface area contributed by atoms with Gasteiger partial charge in [-0.05, 0) is 16.7 Å². The number of H-pyrrole nitrogens is 1. The molecule has 3 heterocycles. The molecule has 238 valence electrons. The Morgan fingerprint density at radius 1 is 0.681 bits per heavy atom. The van der Waals surface area contributed by atoms with Gasteiger partial charge in [0.2, 0.25) is 23.6 Å². The summed E-state index contributed by atoms with van der Waals surface area (Å²) < 4.78 is 2.02. The maximum atomic E-state index is 13.4. The molecule has 1 fully saturated rings. The molecule has 5 N–H and O–H groups in total. The molecule has 1 aliphatic rings. The summed E-state index contributed by atoms with van der Waals surface area (Å²) >= 11 is 0. The maximum absolute atomic E-state index is 13.4. The fourth-order valence-corrected chi connectivity index (χ4v) is 5.95. The van der Waals surface area contributed by atoms with Crippen molar-refractivity contribution in [1.29, 1.82) is 0 Å². The van der Waals surface area contributed by atoms with Crippen LogP contribution in [0.4, 0.5) is 0 Å². The number of aromatic amines is 1. The highest BCUT2D eigenvalue weighted by molar-refractivity contribution is 5.95. The Bertz CT molecular complexity index is 1730. The smallest absolute Gasteiger partial charge is 0.243 e. The van der Waals surface area contributed by atoms with Crippen LogP contribution in [0.25, 0.3) is 0 Å². The molecule has 0 aliphatic carbocycles. The number of imidazole rings is 2. The van der Waals surface area contributed by atoms with Crippen LogP contribution in [-0.4, -0.2) is 68.3 Å². The first-order valence-corrected chi connectivity index (χ1v) is 15.2. The van der Waals surface area contributed by atoms with Crippen molar-refractivity contribution in [3.8, 4) is 0 Å². The second-order valence-electron chi connectivity index (χ2n) is 11.2. The number of hydrogen-bond acceptors (Lipinski definition) is 6.